The quantitative estimate of drug-likeness (QED) is 0.794. The van der Waals surface area contributed by atoms with Crippen LogP contribution in [0.1, 0.15) is 38.8 Å². The van der Waals surface area contributed by atoms with E-state index in [1.165, 1.54) is 0 Å². The summed E-state index contributed by atoms with van der Waals surface area (Å²) >= 11 is 0. The third kappa shape index (κ3) is 4.69. The van der Waals surface area contributed by atoms with Crippen molar-refractivity contribution < 1.29 is 14.2 Å². The summed E-state index contributed by atoms with van der Waals surface area (Å²) in [5, 5.41) is 3.50. The molecule has 0 spiro atoms. The monoisotopic (exact) mass is 281 g/mol. The van der Waals surface area contributed by atoms with Gasteiger partial charge in [0.1, 0.15) is 11.5 Å². The van der Waals surface area contributed by atoms with Crippen molar-refractivity contribution in [1.29, 1.82) is 0 Å². The molecule has 4 heteroatoms. The van der Waals surface area contributed by atoms with Crippen LogP contribution in [0.5, 0.6) is 11.5 Å². The Kier molecular flexibility index (Phi) is 6.30. The normalized spacial score (nSPS) is 13.1. The molecule has 114 valence electrons. The molecule has 4 nitrogen and oxygen atoms in total. The summed E-state index contributed by atoms with van der Waals surface area (Å²) in [5.74, 6) is 1.65. The van der Waals surface area contributed by atoms with Gasteiger partial charge in [0.15, 0.2) is 0 Å². The van der Waals surface area contributed by atoms with Crippen LogP contribution in [-0.2, 0) is 4.74 Å². The van der Waals surface area contributed by atoms with Gasteiger partial charge < -0.3 is 19.5 Å². The van der Waals surface area contributed by atoms with Gasteiger partial charge in [-0.15, -0.1) is 0 Å². The van der Waals surface area contributed by atoms with E-state index in [1.807, 2.05) is 18.2 Å². The third-order valence-electron chi connectivity index (χ3n) is 3.64. The van der Waals surface area contributed by atoms with Gasteiger partial charge in [0, 0.05) is 24.8 Å². The standard InChI is InChI=1S/C16H27NO3/c1-12(17-10-9-16(2,3)20-6)14-8-7-13(18-4)11-15(14)19-5/h7-8,11-12,17H,9-10H2,1-6H3. The number of nitrogens with one attached hydrogen (secondary N) is 1. The fraction of sp³-hybridized carbons (Fsp3) is 0.625. The highest BCUT2D eigenvalue weighted by Crippen LogP contribution is 2.29. The average Bonchev–Trinajstić information content (AvgIpc) is 2.46. The van der Waals surface area contributed by atoms with E-state index in [4.69, 9.17) is 14.2 Å². The van der Waals surface area contributed by atoms with Gasteiger partial charge >= 0.3 is 0 Å². The smallest absolute Gasteiger partial charge is 0.127 e. The minimum Gasteiger partial charge on any atom is -0.497 e. The zero-order valence-corrected chi connectivity index (χ0v) is 13.4. The highest BCUT2D eigenvalue weighted by molar-refractivity contribution is 5.42. The van der Waals surface area contributed by atoms with Crippen molar-refractivity contribution in [2.75, 3.05) is 27.9 Å². The first-order chi connectivity index (χ1) is 9.43. The first-order valence-electron chi connectivity index (χ1n) is 6.94. The molecule has 1 aromatic rings. The number of ether oxygens (including phenoxy) is 3. The number of hydrogen-bond acceptors (Lipinski definition) is 4. The van der Waals surface area contributed by atoms with Crippen LogP contribution in [0, 0.1) is 0 Å². The number of benzene rings is 1. The van der Waals surface area contributed by atoms with E-state index >= 15 is 0 Å². The molecule has 1 aromatic carbocycles. The minimum absolute atomic E-state index is 0.100. The van der Waals surface area contributed by atoms with E-state index in [2.05, 4.69) is 26.1 Å². The lowest BCUT2D eigenvalue weighted by molar-refractivity contribution is 0.0154. The maximum atomic E-state index is 5.43. The molecule has 0 fully saturated rings. The molecule has 0 aromatic heterocycles. The van der Waals surface area contributed by atoms with E-state index in [0.29, 0.717) is 0 Å². The lowest BCUT2D eigenvalue weighted by Crippen LogP contribution is -2.30. The Hall–Kier alpha value is -1.26. The number of hydrogen-bond donors (Lipinski definition) is 1. The molecule has 0 aliphatic carbocycles. The molecule has 0 saturated heterocycles. The SMILES string of the molecule is COc1ccc(C(C)NCCC(C)(C)OC)c(OC)c1. The molecule has 20 heavy (non-hydrogen) atoms. The Bertz CT molecular complexity index is 418. The lowest BCUT2D eigenvalue weighted by Gasteiger charge is -2.24. The highest BCUT2D eigenvalue weighted by Gasteiger charge is 2.17. The predicted octanol–water partition coefficient (Wildman–Crippen LogP) is 3.17. The van der Waals surface area contributed by atoms with E-state index in [9.17, 15) is 0 Å². The molecule has 0 heterocycles. The number of methoxy groups -OCH3 is 3. The van der Waals surface area contributed by atoms with E-state index in [-0.39, 0.29) is 11.6 Å². The van der Waals surface area contributed by atoms with Crippen LogP contribution in [0.4, 0.5) is 0 Å². The second-order valence-electron chi connectivity index (χ2n) is 5.50. The molecule has 0 bridgehead atoms. The summed E-state index contributed by atoms with van der Waals surface area (Å²) in [4.78, 5) is 0. The Morgan fingerprint density at radius 1 is 1.15 bits per heavy atom. The lowest BCUT2D eigenvalue weighted by atomic mass is 10.0. The topological polar surface area (TPSA) is 39.7 Å². The summed E-state index contributed by atoms with van der Waals surface area (Å²) in [6.45, 7) is 7.20. The predicted molar refractivity (Wildman–Crippen MR) is 81.7 cm³/mol. The van der Waals surface area contributed by atoms with Crippen molar-refractivity contribution in [3.05, 3.63) is 23.8 Å². The van der Waals surface area contributed by atoms with Crippen LogP contribution in [0.15, 0.2) is 18.2 Å². The highest BCUT2D eigenvalue weighted by atomic mass is 16.5. The van der Waals surface area contributed by atoms with Crippen molar-refractivity contribution in [2.45, 2.75) is 38.8 Å². The summed E-state index contributed by atoms with van der Waals surface area (Å²) in [7, 11) is 5.08. The number of rotatable bonds is 8. The Morgan fingerprint density at radius 3 is 2.40 bits per heavy atom. The maximum absolute atomic E-state index is 5.43. The zero-order valence-electron chi connectivity index (χ0n) is 13.4. The van der Waals surface area contributed by atoms with Crippen molar-refractivity contribution in [1.82, 2.24) is 5.32 Å². The second kappa shape index (κ2) is 7.50. The second-order valence-corrected chi connectivity index (χ2v) is 5.50. The average molecular weight is 281 g/mol. The summed E-state index contributed by atoms with van der Waals surface area (Å²) < 4.78 is 16.1. The fourth-order valence-electron chi connectivity index (χ4n) is 1.98. The molecule has 1 rings (SSSR count). The van der Waals surface area contributed by atoms with Crippen LogP contribution in [0.25, 0.3) is 0 Å². The molecule has 0 aliphatic heterocycles. The van der Waals surface area contributed by atoms with Crippen LogP contribution in [0.2, 0.25) is 0 Å². The fourth-order valence-corrected chi connectivity index (χ4v) is 1.98. The van der Waals surface area contributed by atoms with Gasteiger partial charge in [-0.05, 0) is 39.8 Å². The molecule has 0 radical (unpaired) electrons. The maximum Gasteiger partial charge on any atom is 0.127 e. The van der Waals surface area contributed by atoms with Crippen LogP contribution in [0.3, 0.4) is 0 Å². The van der Waals surface area contributed by atoms with Gasteiger partial charge in [-0.1, -0.05) is 6.07 Å². The largest absolute Gasteiger partial charge is 0.497 e. The summed E-state index contributed by atoms with van der Waals surface area (Å²) in [6, 6.07) is 6.11. The van der Waals surface area contributed by atoms with Crippen molar-refractivity contribution >= 4 is 0 Å². The van der Waals surface area contributed by atoms with Gasteiger partial charge in [-0.25, -0.2) is 0 Å². The first kappa shape index (κ1) is 16.8. The van der Waals surface area contributed by atoms with E-state index < -0.39 is 0 Å². The molecular formula is C16H27NO3. The van der Waals surface area contributed by atoms with Gasteiger partial charge in [0.25, 0.3) is 0 Å². The van der Waals surface area contributed by atoms with Gasteiger partial charge in [-0.2, -0.15) is 0 Å². The Morgan fingerprint density at radius 2 is 1.85 bits per heavy atom. The first-order valence-corrected chi connectivity index (χ1v) is 6.94. The summed E-state index contributed by atoms with van der Waals surface area (Å²) in [5.41, 5.74) is 1.03. The molecule has 0 saturated carbocycles. The van der Waals surface area contributed by atoms with Gasteiger partial charge in [-0.3, -0.25) is 0 Å². The third-order valence-corrected chi connectivity index (χ3v) is 3.64. The molecule has 1 unspecified atom stereocenters. The van der Waals surface area contributed by atoms with Crippen LogP contribution >= 0.6 is 0 Å². The van der Waals surface area contributed by atoms with Crippen LogP contribution in [-0.4, -0.2) is 33.5 Å². The Labute approximate surface area is 122 Å². The van der Waals surface area contributed by atoms with Crippen molar-refractivity contribution in [3.63, 3.8) is 0 Å². The molecule has 1 atom stereocenters. The van der Waals surface area contributed by atoms with Gasteiger partial charge in [0.05, 0.1) is 19.8 Å². The van der Waals surface area contributed by atoms with Crippen molar-refractivity contribution in [3.8, 4) is 11.5 Å². The van der Waals surface area contributed by atoms with Crippen LogP contribution < -0.4 is 14.8 Å². The molecule has 0 amide bonds. The van der Waals surface area contributed by atoms with E-state index in [1.54, 1.807) is 21.3 Å². The molecule has 1 N–H and O–H groups in total. The molecule has 0 aliphatic rings. The van der Waals surface area contributed by atoms with E-state index in [0.717, 1.165) is 30.0 Å². The zero-order chi connectivity index (χ0) is 15.2. The van der Waals surface area contributed by atoms with Crippen molar-refractivity contribution in [2.24, 2.45) is 0 Å². The van der Waals surface area contributed by atoms with Gasteiger partial charge in [0.2, 0.25) is 0 Å². The Balaban J connectivity index is 2.65. The summed E-state index contributed by atoms with van der Waals surface area (Å²) in [6.07, 6.45) is 0.951. The molecular weight excluding hydrogens is 254 g/mol. The minimum atomic E-state index is -0.100.